The minimum absolute atomic E-state index is 0. The van der Waals surface area contributed by atoms with E-state index in [1.54, 1.807) is 0 Å². The van der Waals surface area contributed by atoms with Crippen molar-refractivity contribution in [3.8, 4) is 0 Å². The first-order chi connectivity index (χ1) is 4.41. The summed E-state index contributed by atoms with van der Waals surface area (Å²) < 4.78 is 36.4. The molecule has 0 aromatic carbocycles. The number of hydrogen-bond acceptors (Lipinski definition) is 3. The van der Waals surface area contributed by atoms with E-state index in [-0.39, 0.29) is 5.48 Å². The Bertz CT molecular complexity index is 129. The maximum absolute atomic E-state index is 8.74. The van der Waals surface area contributed by atoms with Gasteiger partial charge in [0.1, 0.15) is 0 Å². The highest BCUT2D eigenvalue weighted by molar-refractivity contribution is 7.79. The largest absolute Gasteiger partial charge is 0.412 e. The Labute approximate surface area is 66.1 Å². The number of hydrogen-bond donors (Lipinski definition) is 2. The smallest absolute Gasteiger partial charge is 0.394 e. The summed E-state index contributed by atoms with van der Waals surface area (Å²) >= 11 is 0. The lowest BCUT2D eigenvalue weighted by molar-refractivity contribution is 0.162. The first kappa shape index (κ1) is 17.0. The monoisotopic (exact) mass is 190 g/mol. The lowest BCUT2D eigenvalue weighted by atomic mass is 10.8. The predicted molar refractivity (Wildman–Crippen MR) is 40.0 cm³/mol. The van der Waals surface area contributed by atoms with Crippen LogP contribution in [0, 0.1) is 0 Å². The van der Waals surface area contributed by atoms with Crippen LogP contribution in [0.15, 0.2) is 0 Å². The summed E-state index contributed by atoms with van der Waals surface area (Å²) in [6, 6.07) is 0. The van der Waals surface area contributed by atoms with E-state index in [1.165, 1.54) is 0 Å². The Morgan fingerprint density at radius 3 is 1.36 bits per heavy atom. The van der Waals surface area contributed by atoms with Crippen molar-refractivity contribution in [1.82, 2.24) is 0 Å². The molecule has 0 spiro atoms. The average molecular weight is 190 g/mol. The molecule has 0 aromatic rings. The van der Waals surface area contributed by atoms with Crippen molar-refractivity contribution in [3.63, 3.8) is 0 Å². The van der Waals surface area contributed by atoms with Crippen molar-refractivity contribution in [2.75, 3.05) is 13.2 Å². The van der Waals surface area contributed by atoms with E-state index in [1.807, 2.05) is 13.8 Å². The van der Waals surface area contributed by atoms with E-state index in [9.17, 15) is 0 Å². The molecule has 72 valence electrons. The van der Waals surface area contributed by atoms with Crippen molar-refractivity contribution in [1.29, 1.82) is 0 Å². The minimum atomic E-state index is -4.67. The standard InChI is InChI=1S/C4H10O.H2O4S.H2O/c1-3-5-4-2;1-5(2,3)4;/h3-4H2,1-2H3;(H2,1,2,3,4);1H2. The van der Waals surface area contributed by atoms with Crippen LogP contribution in [-0.2, 0) is 15.1 Å². The number of ether oxygens (including phenoxy) is 1. The van der Waals surface area contributed by atoms with E-state index < -0.39 is 10.4 Å². The highest BCUT2D eigenvalue weighted by atomic mass is 32.3. The average Bonchev–Trinajstić information content (AvgIpc) is 1.63. The molecule has 0 fully saturated rings. The van der Waals surface area contributed by atoms with Gasteiger partial charge in [0.15, 0.2) is 0 Å². The van der Waals surface area contributed by atoms with Gasteiger partial charge in [-0.05, 0) is 13.8 Å². The van der Waals surface area contributed by atoms with Gasteiger partial charge in [0, 0.05) is 13.2 Å². The first-order valence-electron chi connectivity index (χ1n) is 2.69. The third-order valence-corrected chi connectivity index (χ3v) is 0.408. The molecule has 6 nitrogen and oxygen atoms in total. The quantitative estimate of drug-likeness (QED) is 0.573. The topological polar surface area (TPSA) is 115 Å². The maximum Gasteiger partial charge on any atom is 0.394 e. The molecule has 0 aliphatic rings. The molecule has 4 N–H and O–H groups in total. The van der Waals surface area contributed by atoms with Crippen molar-refractivity contribution < 1.29 is 27.7 Å². The van der Waals surface area contributed by atoms with Crippen LogP contribution in [0.2, 0.25) is 0 Å². The summed E-state index contributed by atoms with van der Waals surface area (Å²) in [4.78, 5) is 0. The van der Waals surface area contributed by atoms with E-state index in [0.717, 1.165) is 13.2 Å². The summed E-state index contributed by atoms with van der Waals surface area (Å²) in [5.74, 6) is 0. The summed E-state index contributed by atoms with van der Waals surface area (Å²) in [7, 11) is -4.67. The van der Waals surface area contributed by atoms with Gasteiger partial charge >= 0.3 is 10.4 Å². The Kier molecular flexibility index (Phi) is 15.2. The van der Waals surface area contributed by atoms with Gasteiger partial charge in [-0.15, -0.1) is 0 Å². The van der Waals surface area contributed by atoms with Crippen LogP contribution in [0.25, 0.3) is 0 Å². The molecule has 0 aliphatic heterocycles. The van der Waals surface area contributed by atoms with Crippen LogP contribution in [0.4, 0.5) is 0 Å². The van der Waals surface area contributed by atoms with E-state index in [4.69, 9.17) is 22.3 Å². The van der Waals surface area contributed by atoms with Crippen LogP contribution in [-0.4, -0.2) is 36.2 Å². The molecule has 0 saturated heterocycles. The second kappa shape index (κ2) is 9.79. The molecule has 0 aromatic heterocycles. The SMILES string of the molecule is CCOCC.O.O=S(=O)(O)O. The second-order valence-corrected chi connectivity index (χ2v) is 2.12. The molecule has 11 heavy (non-hydrogen) atoms. The van der Waals surface area contributed by atoms with Gasteiger partial charge in [-0.3, -0.25) is 9.11 Å². The lowest BCUT2D eigenvalue weighted by Crippen LogP contribution is -1.89. The molecule has 0 atom stereocenters. The molecule has 0 saturated carbocycles. The Morgan fingerprint density at radius 1 is 1.18 bits per heavy atom. The van der Waals surface area contributed by atoms with Gasteiger partial charge in [0.2, 0.25) is 0 Å². The van der Waals surface area contributed by atoms with Crippen LogP contribution in [0.3, 0.4) is 0 Å². The number of rotatable bonds is 2. The van der Waals surface area contributed by atoms with Gasteiger partial charge in [-0.1, -0.05) is 0 Å². The van der Waals surface area contributed by atoms with Crippen LogP contribution >= 0.6 is 0 Å². The lowest BCUT2D eigenvalue weighted by Gasteiger charge is -1.86. The highest BCUT2D eigenvalue weighted by Gasteiger charge is 1.84. The molecule has 0 bridgehead atoms. The minimum Gasteiger partial charge on any atom is -0.412 e. The molecule has 0 rings (SSSR count). The fourth-order valence-corrected chi connectivity index (χ4v) is 0.204. The fourth-order valence-electron chi connectivity index (χ4n) is 0.204. The van der Waals surface area contributed by atoms with Crippen LogP contribution < -0.4 is 0 Å². The van der Waals surface area contributed by atoms with Gasteiger partial charge in [0.25, 0.3) is 0 Å². The zero-order valence-electron chi connectivity index (χ0n) is 6.44. The zero-order chi connectivity index (χ0) is 8.62. The highest BCUT2D eigenvalue weighted by Crippen LogP contribution is 1.64. The van der Waals surface area contributed by atoms with Gasteiger partial charge in [-0.25, -0.2) is 0 Å². The maximum atomic E-state index is 8.74. The molecule has 0 aliphatic carbocycles. The van der Waals surface area contributed by atoms with Crippen LogP contribution in [0.5, 0.6) is 0 Å². The molecule has 0 radical (unpaired) electrons. The Hall–Kier alpha value is -0.210. The molecule has 7 heteroatoms. The summed E-state index contributed by atoms with van der Waals surface area (Å²) in [5.41, 5.74) is 0. The third-order valence-electron chi connectivity index (χ3n) is 0.408. The van der Waals surface area contributed by atoms with E-state index >= 15 is 0 Å². The summed E-state index contributed by atoms with van der Waals surface area (Å²) in [6.45, 7) is 5.67. The first-order valence-corrected chi connectivity index (χ1v) is 4.09. The molecule has 0 heterocycles. The zero-order valence-corrected chi connectivity index (χ0v) is 7.26. The van der Waals surface area contributed by atoms with E-state index in [0.29, 0.717) is 0 Å². The molecule has 0 unspecified atom stereocenters. The van der Waals surface area contributed by atoms with E-state index in [2.05, 4.69) is 0 Å². The Morgan fingerprint density at radius 2 is 1.36 bits per heavy atom. The van der Waals surface area contributed by atoms with Gasteiger partial charge in [0.05, 0.1) is 0 Å². The molecule has 0 amide bonds. The summed E-state index contributed by atoms with van der Waals surface area (Å²) in [6.07, 6.45) is 0. The summed E-state index contributed by atoms with van der Waals surface area (Å²) in [5, 5.41) is 0. The molecular formula is C4H14O6S. The van der Waals surface area contributed by atoms with Crippen LogP contribution in [0.1, 0.15) is 13.8 Å². The Balaban J connectivity index is -0.000000107. The van der Waals surface area contributed by atoms with Gasteiger partial charge < -0.3 is 10.2 Å². The van der Waals surface area contributed by atoms with Gasteiger partial charge in [-0.2, -0.15) is 8.42 Å². The van der Waals surface area contributed by atoms with Crippen molar-refractivity contribution in [2.45, 2.75) is 13.8 Å². The third kappa shape index (κ3) is 185. The van der Waals surface area contributed by atoms with Crippen molar-refractivity contribution in [3.05, 3.63) is 0 Å². The fraction of sp³-hybridized carbons (Fsp3) is 1.00. The molecular weight excluding hydrogens is 176 g/mol. The van der Waals surface area contributed by atoms with Crippen molar-refractivity contribution >= 4 is 10.4 Å². The second-order valence-electron chi connectivity index (χ2n) is 1.23. The normalized spacial score (nSPS) is 9.09. The van der Waals surface area contributed by atoms with Crippen molar-refractivity contribution in [2.24, 2.45) is 0 Å². The predicted octanol–water partition coefficient (Wildman–Crippen LogP) is -0.435.